The minimum atomic E-state index is -0.366. The van der Waals surface area contributed by atoms with Gasteiger partial charge in [0.1, 0.15) is 5.82 Å². The van der Waals surface area contributed by atoms with Crippen molar-refractivity contribution < 1.29 is 9.59 Å². The Hall–Kier alpha value is -3.03. The van der Waals surface area contributed by atoms with Crippen LogP contribution >= 0.6 is 0 Å². The molecule has 1 aliphatic heterocycles. The van der Waals surface area contributed by atoms with Crippen LogP contribution in [0.3, 0.4) is 0 Å². The number of rotatable bonds is 5. The molecule has 0 aromatic carbocycles. The number of carbonyl (C=O) groups is 2. The van der Waals surface area contributed by atoms with Gasteiger partial charge < -0.3 is 16.0 Å². The van der Waals surface area contributed by atoms with Crippen LogP contribution in [0.4, 0.5) is 5.82 Å². The van der Waals surface area contributed by atoms with E-state index in [1.807, 2.05) is 17.0 Å². The number of anilines is 1. The Morgan fingerprint density at radius 3 is 2.62 bits per heavy atom. The minimum Gasteiger partial charge on any atom is -0.370 e. The number of hydrogen-bond acceptors (Lipinski definition) is 6. The molecule has 0 saturated heterocycles. The Bertz CT molecular complexity index is 809. The lowest BCUT2D eigenvalue weighted by molar-refractivity contribution is -0.128. The van der Waals surface area contributed by atoms with Crippen LogP contribution in [0.5, 0.6) is 0 Å². The molecule has 8 heteroatoms. The van der Waals surface area contributed by atoms with Crippen LogP contribution < -0.4 is 11.1 Å². The summed E-state index contributed by atoms with van der Waals surface area (Å²) in [6.07, 6.45) is 4.96. The highest BCUT2D eigenvalue weighted by Gasteiger charge is 2.21. The molecule has 3 N–H and O–H groups in total. The molecule has 0 spiro atoms. The van der Waals surface area contributed by atoms with Gasteiger partial charge >= 0.3 is 0 Å². The molecule has 0 fully saturated rings. The normalized spacial score (nSPS) is 13.7. The van der Waals surface area contributed by atoms with Crippen LogP contribution in [0, 0.1) is 0 Å². The Labute approximate surface area is 151 Å². The molecular formula is C18H22N6O2. The molecule has 0 atom stereocenters. The molecule has 0 saturated carbocycles. The van der Waals surface area contributed by atoms with Gasteiger partial charge in [-0.15, -0.1) is 0 Å². The summed E-state index contributed by atoms with van der Waals surface area (Å²) in [4.78, 5) is 38.0. The van der Waals surface area contributed by atoms with Gasteiger partial charge in [0.15, 0.2) is 5.82 Å². The van der Waals surface area contributed by atoms with E-state index >= 15 is 0 Å². The van der Waals surface area contributed by atoms with E-state index in [0.29, 0.717) is 44.1 Å². The van der Waals surface area contributed by atoms with E-state index in [0.717, 1.165) is 16.8 Å². The zero-order valence-electron chi connectivity index (χ0n) is 14.7. The van der Waals surface area contributed by atoms with Crippen LogP contribution in [0.1, 0.15) is 24.6 Å². The van der Waals surface area contributed by atoms with Gasteiger partial charge in [0.25, 0.3) is 0 Å². The highest BCUT2D eigenvalue weighted by molar-refractivity contribution is 5.74. The maximum absolute atomic E-state index is 11.7. The molecule has 2 aromatic heterocycles. The third kappa shape index (κ3) is 4.14. The lowest BCUT2D eigenvalue weighted by Crippen LogP contribution is -2.31. The molecule has 136 valence electrons. The van der Waals surface area contributed by atoms with E-state index in [1.54, 1.807) is 19.3 Å². The van der Waals surface area contributed by atoms with Gasteiger partial charge in [0, 0.05) is 62.9 Å². The second kappa shape index (κ2) is 7.90. The van der Waals surface area contributed by atoms with Crippen molar-refractivity contribution in [3.63, 3.8) is 0 Å². The number of pyridine rings is 1. The van der Waals surface area contributed by atoms with Crippen molar-refractivity contribution in [2.24, 2.45) is 5.73 Å². The number of aromatic nitrogens is 3. The molecule has 26 heavy (non-hydrogen) atoms. The van der Waals surface area contributed by atoms with Crippen molar-refractivity contribution in [2.45, 2.75) is 26.2 Å². The van der Waals surface area contributed by atoms with Crippen molar-refractivity contribution in [2.75, 3.05) is 25.0 Å². The number of nitrogens with one attached hydrogen (secondary N) is 1. The molecule has 8 nitrogen and oxygen atoms in total. The predicted octanol–water partition coefficient (Wildman–Crippen LogP) is 0.773. The minimum absolute atomic E-state index is 0.0587. The zero-order valence-corrected chi connectivity index (χ0v) is 14.7. The second-order valence-corrected chi connectivity index (χ2v) is 6.21. The van der Waals surface area contributed by atoms with Gasteiger partial charge in [-0.1, -0.05) is 0 Å². The quantitative estimate of drug-likeness (QED) is 0.820. The lowest BCUT2D eigenvalue weighted by atomic mass is 10.1. The van der Waals surface area contributed by atoms with E-state index in [4.69, 9.17) is 10.7 Å². The fraction of sp³-hybridized carbons (Fsp3) is 0.389. The van der Waals surface area contributed by atoms with E-state index in [2.05, 4.69) is 15.3 Å². The molecule has 0 bridgehead atoms. The highest BCUT2D eigenvalue weighted by atomic mass is 16.2. The first kappa shape index (κ1) is 17.8. The fourth-order valence-electron chi connectivity index (χ4n) is 2.99. The number of hydrogen-bond donors (Lipinski definition) is 2. The van der Waals surface area contributed by atoms with E-state index < -0.39 is 0 Å². The average molecular weight is 354 g/mol. The summed E-state index contributed by atoms with van der Waals surface area (Å²) in [5.41, 5.74) is 8.02. The standard InChI is InChI=1S/C18H22N6O2/c1-12(25)24-10-5-14-15(6-11-24)22-17(13-2-7-20-8-3-13)23-18(14)21-9-4-16(19)26/h2-3,7-8H,4-6,9-11H2,1H3,(H2,19,26)(H,21,22,23). The Morgan fingerprint density at radius 2 is 1.92 bits per heavy atom. The monoisotopic (exact) mass is 354 g/mol. The number of amides is 2. The number of nitrogens with zero attached hydrogens (tertiary/aromatic N) is 4. The Kier molecular flexibility index (Phi) is 5.40. The smallest absolute Gasteiger partial charge is 0.219 e. The maximum Gasteiger partial charge on any atom is 0.219 e. The number of carbonyl (C=O) groups excluding carboxylic acids is 2. The van der Waals surface area contributed by atoms with Gasteiger partial charge in [-0.2, -0.15) is 0 Å². The van der Waals surface area contributed by atoms with Gasteiger partial charge in [-0.05, 0) is 18.6 Å². The summed E-state index contributed by atoms with van der Waals surface area (Å²) in [7, 11) is 0. The summed E-state index contributed by atoms with van der Waals surface area (Å²) in [5.74, 6) is 0.996. The number of fused-ring (bicyclic) bond motifs is 1. The second-order valence-electron chi connectivity index (χ2n) is 6.21. The lowest BCUT2D eigenvalue weighted by Gasteiger charge is -2.17. The molecule has 3 heterocycles. The third-order valence-corrected chi connectivity index (χ3v) is 4.39. The fourth-order valence-corrected chi connectivity index (χ4v) is 2.99. The summed E-state index contributed by atoms with van der Waals surface area (Å²) in [5, 5.41) is 3.22. The SMILES string of the molecule is CC(=O)N1CCc2nc(-c3ccncc3)nc(NCCC(N)=O)c2CC1. The van der Waals surface area contributed by atoms with Crippen LogP contribution in [-0.2, 0) is 22.4 Å². The van der Waals surface area contributed by atoms with Crippen LogP contribution in [-0.4, -0.2) is 51.3 Å². The summed E-state index contributed by atoms with van der Waals surface area (Å²) < 4.78 is 0. The average Bonchev–Trinajstić information content (AvgIpc) is 2.85. The van der Waals surface area contributed by atoms with Gasteiger partial charge in [-0.25, -0.2) is 9.97 Å². The van der Waals surface area contributed by atoms with Crippen molar-refractivity contribution in [1.82, 2.24) is 19.9 Å². The molecular weight excluding hydrogens is 332 g/mol. The predicted molar refractivity (Wildman–Crippen MR) is 97.2 cm³/mol. The number of primary amides is 1. The van der Waals surface area contributed by atoms with Crippen molar-refractivity contribution in [3.8, 4) is 11.4 Å². The summed E-state index contributed by atoms with van der Waals surface area (Å²) >= 11 is 0. The summed E-state index contributed by atoms with van der Waals surface area (Å²) in [6.45, 7) is 3.25. The van der Waals surface area contributed by atoms with E-state index in [-0.39, 0.29) is 18.2 Å². The van der Waals surface area contributed by atoms with Crippen LogP contribution in [0.2, 0.25) is 0 Å². The van der Waals surface area contributed by atoms with Crippen molar-refractivity contribution in [1.29, 1.82) is 0 Å². The Balaban J connectivity index is 1.95. The first-order valence-corrected chi connectivity index (χ1v) is 8.62. The van der Waals surface area contributed by atoms with Gasteiger partial charge in [0.2, 0.25) is 11.8 Å². The summed E-state index contributed by atoms with van der Waals surface area (Å²) in [6, 6.07) is 3.71. The molecule has 0 unspecified atom stereocenters. The van der Waals surface area contributed by atoms with Crippen molar-refractivity contribution in [3.05, 3.63) is 35.8 Å². The molecule has 2 aromatic rings. The maximum atomic E-state index is 11.7. The molecule has 0 radical (unpaired) electrons. The topological polar surface area (TPSA) is 114 Å². The molecule has 0 aliphatic carbocycles. The van der Waals surface area contributed by atoms with Gasteiger partial charge in [0.05, 0.1) is 5.69 Å². The van der Waals surface area contributed by atoms with E-state index in [1.165, 1.54) is 0 Å². The van der Waals surface area contributed by atoms with E-state index in [9.17, 15) is 9.59 Å². The van der Waals surface area contributed by atoms with Crippen LogP contribution in [0.15, 0.2) is 24.5 Å². The zero-order chi connectivity index (χ0) is 18.5. The van der Waals surface area contributed by atoms with Crippen molar-refractivity contribution >= 4 is 17.6 Å². The third-order valence-electron chi connectivity index (χ3n) is 4.39. The number of nitrogens with two attached hydrogens (primary N) is 1. The molecule has 1 aliphatic rings. The molecule has 3 rings (SSSR count). The first-order chi connectivity index (χ1) is 12.5. The molecule has 2 amide bonds. The first-order valence-electron chi connectivity index (χ1n) is 8.62. The largest absolute Gasteiger partial charge is 0.370 e. The van der Waals surface area contributed by atoms with Crippen LogP contribution in [0.25, 0.3) is 11.4 Å². The Morgan fingerprint density at radius 1 is 1.19 bits per heavy atom. The highest BCUT2D eigenvalue weighted by Crippen LogP contribution is 2.25. The van der Waals surface area contributed by atoms with Gasteiger partial charge in [-0.3, -0.25) is 14.6 Å².